The van der Waals surface area contributed by atoms with Gasteiger partial charge >= 0.3 is 0 Å². The first kappa shape index (κ1) is 16.9. The van der Waals surface area contributed by atoms with Gasteiger partial charge in [0.15, 0.2) is 0 Å². The summed E-state index contributed by atoms with van der Waals surface area (Å²) < 4.78 is 0. The van der Waals surface area contributed by atoms with Gasteiger partial charge in [0.1, 0.15) is 9.88 Å². The Morgan fingerprint density at radius 2 is 2.14 bits per heavy atom. The molecule has 0 atom stereocenters. The molecule has 2 N–H and O–H groups in total. The molecule has 0 saturated heterocycles. The molecule has 0 saturated carbocycles. The molecule has 1 aromatic carbocycles. The molecule has 2 rings (SSSR count). The molecule has 0 unspecified atom stereocenters. The largest absolute Gasteiger partial charge is 0.350 e. The molecule has 1 amide bonds. The number of halogens is 1. The number of nitrogens with zero attached hydrogens (tertiary/aromatic N) is 1. The number of amides is 1. The third kappa shape index (κ3) is 4.53. The molecule has 0 radical (unpaired) electrons. The van der Waals surface area contributed by atoms with E-state index < -0.39 is 0 Å². The predicted molar refractivity (Wildman–Crippen MR) is 92.8 cm³/mol. The van der Waals surface area contributed by atoms with Crippen LogP contribution in [0, 0.1) is 6.92 Å². The number of nitrogens with one attached hydrogen (secondary N) is 2. The summed E-state index contributed by atoms with van der Waals surface area (Å²) in [6, 6.07) is 7.51. The number of rotatable bonds is 7. The minimum absolute atomic E-state index is 0.0680. The van der Waals surface area contributed by atoms with Gasteiger partial charge in [-0.05, 0) is 32.0 Å². The van der Waals surface area contributed by atoms with Gasteiger partial charge < -0.3 is 10.6 Å². The SMILES string of the molecule is CCCNCCNC(=O)c1sc(-c2cccc(Cl)c2)nc1C. The number of thiazole rings is 1. The lowest BCUT2D eigenvalue weighted by Gasteiger charge is -2.04. The van der Waals surface area contributed by atoms with Gasteiger partial charge in [0.25, 0.3) is 5.91 Å². The molecule has 0 bridgehead atoms. The van der Waals surface area contributed by atoms with Crippen molar-refractivity contribution in [3.8, 4) is 10.6 Å². The Labute approximate surface area is 139 Å². The van der Waals surface area contributed by atoms with Gasteiger partial charge in [-0.2, -0.15) is 0 Å². The summed E-state index contributed by atoms with van der Waals surface area (Å²) in [4.78, 5) is 17.4. The van der Waals surface area contributed by atoms with Crippen molar-refractivity contribution in [3.05, 3.63) is 39.9 Å². The second-order valence-electron chi connectivity index (χ2n) is 4.95. The molecule has 0 fully saturated rings. The van der Waals surface area contributed by atoms with Crippen LogP contribution in [0.3, 0.4) is 0 Å². The molecular weight excluding hydrogens is 318 g/mol. The number of hydrogen-bond acceptors (Lipinski definition) is 4. The Morgan fingerprint density at radius 1 is 1.32 bits per heavy atom. The maximum atomic E-state index is 12.2. The zero-order valence-corrected chi connectivity index (χ0v) is 14.4. The highest BCUT2D eigenvalue weighted by atomic mass is 35.5. The average Bonchev–Trinajstić information content (AvgIpc) is 2.89. The number of carbonyl (C=O) groups is 1. The van der Waals surface area contributed by atoms with Crippen LogP contribution in [0.2, 0.25) is 5.02 Å². The van der Waals surface area contributed by atoms with Crippen molar-refractivity contribution in [2.45, 2.75) is 20.3 Å². The molecule has 0 aliphatic heterocycles. The highest BCUT2D eigenvalue weighted by molar-refractivity contribution is 7.17. The van der Waals surface area contributed by atoms with E-state index in [9.17, 15) is 4.79 Å². The third-order valence-electron chi connectivity index (χ3n) is 3.09. The van der Waals surface area contributed by atoms with Crippen LogP contribution in [0.15, 0.2) is 24.3 Å². The fraction of sp³-hybridized carbons (Fsp3) is 0.375. The van der Waals surface area contributed by atoms with Crippen LogP contribution in [-0.4, -0.2) is 30.5 Å². The van der Waals surface area contributed by atoms with Crippen LogP contribution in [0.1, 0.15) is 28.7 Å². The van der Waals surface area contributed by atoms with Crippen LogP contribution in [-0.2, 0) is 0 Å². The fourth-order valence-corrected chi connectivity index (χ4v) is 3.17. The zero-order valence-electron chi connectivity index (χ0n) is 12.8. The van der Waals surface area contributed by atoms with Gasteiger partial charge in [-0.25, -0.2) is 4.98 Å². The Bertz CT molecular complexity index is 642. The summed E-state index contributed by atoms with van der Waals surface area (Å²) in [7, 11) is 0. The summed E-state index contributed by atoms with van der Waals surface area (Å²) in [5.41, 5.74) is 1.68. The van der Waals surface area contributed by atoms with E-state index in [1.165, 1.54) is 11.3 Å². The minimum atomic E-state index is -0.0680. The standard InChI is InChI=1S/C16H20ClN3OS/c1-3-7-18-8-9-19-15(21)14-11(2)20-16(22-14)12-5-4-6-13(17)10-12/h4-6,10,18H,3,7-9H2,1-2H3,(H,19,21). The molecule has 1 heterocycles. The topological polar surface area (TPSA) is 54.0 Å². The van der Waals surface area contributed by atoms with E-state index in [0.29, 0.717) is 16.4 Å². The number of aromatic nitrogens is 1. The van der Waals surface area contributed by atoms with Crippen molar-refractivity contribution >= 4 is 28.8 Å². The lowest BCUT2D eigenvalue weighted by atomic mass is 10.2. The van der Waals surface area contributed by atoms with Crippen LogP contribution in [0.4, 0.5) is 0 Å². The molecule has 0 spiro atoms. The second-order valence-corrected chi connectivity index (χ2v) is 6.39. The Balaban J connectivity index is 2.02. The van der Waals surface area contributed by atoms with Crippen LogP contribution < -0.4 is 10.6 Å². The predicted octanol–water partition coefficient (Wildman–Crippen LogP) is 3.50. The number of hydrogen-bond donors (Lipinski definition) is 2. The first-order chi connectivity index (χ1) is 10.6. The van der Waals surface area contributed by atoms with E-state index in [2.05, 4.69) is 22.5 Å². The maximum Gasteiger partial charge on any atom is 0.263 e. The Kier molecular flexibility index (Phi) is 6.36. The summed E-state index contributed by atoms with van der Waals surface area (Å²) in [6.45, 7) is 6.33. The average molecular weight is 338 g/mol. The molecule has 4 nitrogen and oxygen atoms in total. The first-order valence-electron chi connectivity index (χ1n) is 7.34. The fourth-order valence-electron chi connectivity index (χ4n) is 2.00. The van der Waals surface area contributed by atoms with Crippen molar-refractivity contribution < 1.29 is 4.79 Å². The highest BCUT2D eigenvalue weighted by Gasteiger charge is 2.15. The first-order valence-corrected chi connectivity index (χ1v) is 8.53. The van der Waals surface area contributed by atoms with Crippen molar-refractivity contribution in [1.82, 2.24) is 15.6 Å². The summed E-state index contributed by atoms with van der Waals surface area (Å²) in [5, 5.41) is 7.65. The van der Waals surface area contributed by atoms with Gasteiger partial charge in [0, 0.05) is 23.7 Å². The van der Waals surface area contributed by atoms with Gasteiger partial charge in [-0.15, -0.1) is 11.3 Å². The van der Waals surface area contributed by atoms with Crippen molar-refractivity contribution in [2.24, 2.45) is 0 Å². The summed E-state index contributed by atoms with van der Waals surface area (Å²) >= 11 is 7.40. The number of benzene rings is 1. The molecule has 0 aliphatic rings. The maximum absolute atomic E-state index is 12.2. The molecule has 1 aromatic heterocycles. The molecule has 118 valence electrons. The zero-order chi connectivity index (χ0) is 15.9. The highest BCUT2D eigenvalue weighted by Crippen LogP contribution is 2.29. The van der Waals surface area contributed by atoms with Gasteiger partial charge in [-0.3, -0.25) is 4.79 Å². The summed E-state index contributed by atoms with van der Waals surface area (Å²) in [6.07, 6.45) is 1.09. The van der Waals surface area contributed by atoms with E-state index in [1.807, 2.05) is 31.2 Å². The Morgan fingerprint density at radius 3 is 2.86 bits per heavy atom. The molecule has 22 heavy (non-hydrogen) atoms. The lowest BCUT2D eigenvalue weighted by Crippen LogP contribution is -2.32. The quantitative estimate of drug-likeness (QED) is 0.760. The molecule has 2 aromatic rings. The van der Waals surface area contributed by atoms with Crippen LogP contribution in [0.5, 0.6) is 0 Å². The van der Waals surface area contributed by atoms with Crippen molar-refractivity contribution in [3.63, 3.8) is 0 Å². The van der Waals surface area contributed by atoms with E-state index in [0.717, 1.165) is 35.8 Å². The van der Waals surface area contributed by atoms with Crippen molar-refractivity contribution in [2.75, 3.05) is 19.6 Å². The summed E-state index contributed by atoms with van der Waals surface area (Å²) in [5.74, 6) is -0.0680. The molecule has 0 aliphatic carbocycles. The van der Waals surface area contributed by atoms with Gasteiger partial charge in [0.2, 0.25) is 0 Å². The Hall–Kier alpha value is -1.43. The third-order valence-corrected chi connectivity index (χ3v) is 4.53. The van der Waals surface area contributed by atoms with Crippen molar-refractivity contribution in [1.29, 1.82) is 0 Å². The van der Waals surface area contributed by atoms with Gasteiger partial charge in [-0.1, -0.05) is 30.7 Å². The number of aryl methyl sites for hydroxylation is 1. The molecule has 6 heteroatoms. The van der Waals surface area contributed by atoms with E-state index in [4.69, 9.17) is 11.6 Å². The second kappa shape index (κ2) is 8.27. The lowest BCUT2D eigenvalue weighted by molar-refractivity contribution is 0.0957. The van der Waals surface area contributed by atoms with Crippen LogP contribution >= 0.6 is 22.9 Å². The minimum Gasteiger partial charge on any atom is -0.350 e. The van der Waals surface area contributed by atoms with E-state index >= 15 is 0 Å². The molecular formula is C16H20ClN3OS. The normalized spacial score (nSPS) is 10.7. The van der Waals surface area contributed by atoms with E-state index in [-0.39, 0.29) is 5.91 Å². The van der Waals surface area contributed by atoms with E-state index in [1.54, 1.807) is 0 Å². The number of carbonyl (C=O) groups excluding carboxylic acids is 1. The van der Waals surface area contributed by atoms with Crippen LogP contribution in [0.25, 0.3) is 10.6 Å². The smallest absolute Gasteiger partial charge is 0.263 e. The monoisotopic (exact) mass is 337 g/mol. The van der Waals surface area contributed by atoms with Gasteiger partial charge in [0.05, 0.1) is 5.69 Å².